The van der Waals surface area contributed by atoms with Gasteiger partial charge in [-0.1, -0.05) is 37.3 Å². The zero-order chi connectivity index (χ0) is 19.6. The van der Waals surface area contributed by atoms with Crippen LogP contribution in [0.3, 0.4) is 0 Å². The van der Waals surface area contributed by atoms with Gasteiger partial charge in [0.25, 0.3) is 11.8 Å². The Bertz CT molecular complexity index is 930. The molecule has 2 aromatic rings. The van der Waals surface area contributed by atoms with Crippen molar-refractivity contribution in [1.29, 1.82) is 0 Å². The summed E-state index contributed by atoms with van der Waals surface area (Å²) in [6.45, 7) is 1.94. The number of aryl methyl sites for hydroxylation is 1. The number of hydrogen-bond donors (Lipinski definition) is 1. The fourth-order valence-corrected chi connectivity index (χ4v) is 2.94. The minimum Gasteiger partial charge on any atom is -0.378 e. The first-order valence-electron chi connectivity index (χ1n) is 8.69. The largest absolute Gasteiger partial charge is 0.378 e. The van der Waals surface area contributed by atoms with E-state index >= 15 is 0 Å². The summed E-state index contributed by atoms with van der Waals surface area (Å²) < 4.78 is 0. The summed E-state index contributed by atoms with van der Waals surface area (Å²) in [6.07, 6.45) is 2.16. The SMILES string of the molecule is CCc1ccccc1N1C(=O)NC(=O)/C(=C\c2ccc(N(C)C)cc2)C1=O. The maximum absolute atomic E-state index is 13.0. The zero-order valence-corrected chi connectivity index (χ0v) is 15.5. The second-order valence-corrected chi connectivity index (χ2v) is 6.43. The molecular weight excluding hydrogens is 342 g/mol. The average Bonchev–Trinajstić information content (AvgIpc) is 2.65. The lowest BCUT2D eigenvalue weighted by Gasteiger charge is -2.28. The summed E-state index contributed by atoms with van der Waals surface area (Å²) in [5.74, 6) is -1.31. The fraction of sp³-hybridized carbons (Fsp3) is 0.190. The molecule has 2 aromatic carbocycles. The molecule has 6 nitrogen and oxygen atoms in total. The predicted molar refractivity (Wildman–Crippen MR) is 106 cm³/mol. The van der Waals surface area contributed by atoms with E-state index in [2.05, 4.69) is 5.32 Å². The molecule has 1 saturated heterocycles. The van der Waals surface area contributed by atoms with E-state index < -0.39 is 17.8 Å². The first-order valence-corrected chi connectivity index (χ1v) is 8.69. The third-order valence-electron chi connectivity index (χ3n) is 4.44. The van der Waals surface area contributed by atoms with Gasteiger partial charge in [0, 0.05) is 19.8 Å². The smallest absolute Gasteiger partial charge is 0.335 e. The Balaban J connectivity index is 1.99. The van der Waals surface area contributed by atoms with Crippen molar-refractivity contribution < 1.29 is 14.4 Å². The summed E-state index contributed by atoms with van der Waals surface area (Å²) in [6, 6.07) is 13.9. The van der Waals surface area contributed by atoms with Crippen LogP contribution in [0.15, 0.2) is 54.1 Å². The van der Waals surface area contributed by atoms with Gasteiger partial charge in [-0.2, -0.15) is 0 Å². The molecule has 1 aliphatic rings. The number of carbonyl (C=O) groups excluding carboxylic acids is 3. The Labute approximate surface area is 158 Å². The lowest BCUT2D eigenvalue weighted by atomic mass is 10.0. The number of para-hydroxylation sites is 1. The molecule has 138 valence electrons. The number of nitrogens with zero attached hydrogens (tertiary/aromatic N) is 2. The van der Waals surface area contributed by atoms with Crippen molar-refractivity contribution in [2.45, 2.75) is 13.3 Å². The van der Waals surface area contributed by atoms with E-state index in [1.165, 1.54) is 6.08 Å². The third-order valence-corrected chi connectivity index (χ3v) is 4.44. The molecule has 0 bridgehead atoms. The van der Waals surface area contributed by atoms with Gasteiger partial charge in [-0.15, -0.1) is 0 Å². The first kappa shape index (κ1) is 18.4. The number of rotatable bonds is 4. The lowest BCUT2D eigenvalue weighted by molar-refractivity contribution is -0.122. The van der Waals surface area contributed by atoms with Crippen molar-refractivity contribution in [3.8, 4) is 0 Å². The van der Waals surface area contributed by atoms with Crippen LogP contribution in [-0.2, 0) is 16.0 Å². The Kier molecular flexibility index (Phi) is 5.07. The second-order valence-electron chi connectivity index (χ2n) is 6.43. The van der Waals surface area contributed by atoms with Gasteiger partial charge in [0.2, 0.25) is 0 Å². The Morgan fingerprint density at radius 3 is 2.30 bits per heavy atom. The molecule has 0 atom stereocenters. The highest BCUT2D eigenvalue weighted by Crippen LogP contribution is 2.26. The van der Waals surface area contributed by atoms with E-state index in [9.17, 15) is 14.4 Å². The molecule has 0 spiro atoms. The number of urea groups is 1. The van der Waals surface area contributed by atoms with Gasteiger partial charge < -0.3 is 4.90 Å². The summed E-state index contributed by atoms with van der Waals surface area (Å²) in [5.41, 5.74) is 2.98. The Hall–Kier alpha value is -3.41. The highest BCUT2D eigenvalue weighted by Gasteiger charge is 2.37. The molecule has 0 aromatic heterocycles. The van der Waals surface area contributed by atoms with Gasteiger partial charge in [0.05, 0.1) is 5.69 Å². The van der Waals surface area contributed by atoms with Crippen LogP contribution in [0.25, 0.3) is 6.08 Å². The summed E-state index contributed by atoms with van der Waals surface area (Å²) in [7, 11) is 3.86. The Morgan fingerprint density at radius 2 is 1.67 bits per heavy atom. The number of barbiturate groups is 1. The molecule has 0 unspecified atom stereocenters. The van der Waals surface area contributed by atoms with Gasteiger partial charge >= 0.3 is 6.03 Å². The average molecular weight is 363 g/mol. The van der Waals surface area contributed by atoms with E-state index in [0.29, 0.717) is 17.7 Å². The minimum atomic E-state index is -0.731. The van der Waals surface area contributed by atoms with E-state index in [4.69, 9.17) is 0 Å². The molecule has 3 rings (SSSR count). The number of carbonyl (C=O) groups is 3. The van der Waals surface area contributed by atoms with Gasteiger partial charge in [0.15, 0.2) is 0 Å². The molecule has 27 heavy (non-hydrogen) atoms. The topological polar surface area (TPSA) is 69.7 Å². The van der Waals surface area contributed by atoms with Crippen molar-refractivity contribution in [2.24, 2.45) is 0 Å². The highest BCUT2D eigenvalue weighted by atomic mass is 16.2. The van der Waals surface area contributed by atoms with Crippen LogP contribution in [0.2, 0.25) is 0 Å². The van der Waals surface area contributed by atoms with Crippen molar-refractivity contribution in [1.82, 2.24) is 5.32 Å². The highest BCUT2D eigenvalue weighted by molar-refractivity contribution is 6.39. The van der Waals surface area contributed by atoms with Gasteiger partial charge in [-0.25, -0.2) is 9.69 Å². The molecule has 1 fully saturated rings. The van der Waals surface area contributed by atoms with Crippen molar-refractivity contribution >= 4 is 35.3 Å². The standard InChI is InChI=1S/C21H21N3O3/c1-4-15-7-5-6-8-18(15)24-20(26)17(19(25)22-21(24)27)13-14-9-11-16(12-10-14)23(2)3/h5-13H,4H2,1-3H3,(H,22,25,27)/b17-13+. The van der Waals surface area contributed by atoms with Crippen LogP contribution in [0, 0.1) is 0 Å². The monoisotopic (exact) mass is 363 g/mol. The van der Waals surface area contributed by atoms with Gasteiger partial charge in [0.1, 0.15) is 5.57 Å². The molecule has 0 radical (unpaired) electrons. The predicted octanol–water partition coefficient (Wildman–Crippen LogP) is 2.98. The molecule has 4 amide bonds. The van der Waals surface area contributed by atoms with Crippen molar-refractivity contribution in [3.63, 3.8) is 0 Å². The maximum atomic E-state index is 13.0. The van der Waals surface area contributed by atoms with Crippen molar-refractivity contribution in [3.05, 3.63) is 65.2 Å². The number of amides is 4. The van der Waals surface area contributed by atoms with E-state index in [1.54, 1.807) is 12.1 Å². The molecule has 0 saturated carbocycles. The lowest BCUT2D eigenvalue weighted by Crippen LogP contribution is -2.54. The maximum Gasteiger partial charge on any atom is 0.335 e. The normalized spacial score (nSPS) is 15.9. The van der Waals surface area contributed by atoms with E-state index in [-0.39, 0.29) is 5.57 Å². The van der Waals surface area contributed by atoms with Crippen LogP contribution in [0.5, 0.6) is 0 Å². The number of benzene rings is 2. The van der Waals surface area contributed by atoms with Crippen molar-refractivity contribution in [2.75, 3.05) is 23.9 Å². The van der Waals surface area contributed by atoms with Crippen LogP contribution < -0.4 is 15.1 Å². The van der Waals surface area contributed by atoms with Gasteiger partial charge in [-0.05, 0) is 41.8 Å². The summed E-state index contributed by atoms with van der Waals surface area (Å²) in [4.78, 5) is 40.6. The third kappa shape index (κ3) is 3.60. The van der Waals surface area contributed by atoms with Crippen LogP contribution >= 0.6 is 0 Å². The second kappa shape index (κ2) is 7.45. The number of hydrogen-bond acceptors (Lipinski definition) is 4. The molecule has 1 aliphatic heterocycles. The van der Waals surface area contributed by atoms with Crippen LogP contribution in [0.1, 0.15) is 18.1 Å². The van der Waals surface area contributed by atoms with Gasteiger partial charge in [-0.3, -0.25) is 14.9 Å². The quantitative estimate of drug-likeness (QED) is 0.670. The number of anilines is 2. The summed E-state index contributed by atoms with van der Waals surface area (Å²) in [5, 5.41) is 2.26. The molecular formula is C21H21N3O3. The molecule has 0 aliphatic carbocycles. The zero-order valence-electron chi connectivity index (χ0n) is 15.5. The van der Waals surface area contributed by atoms with E-state index in [0.717, 1.165) is 16.2 Å². The molecule has 6 heteroatoms. The van der Waals surface area contributed by atoms with Crippen LogP contribution in [-0.4, -0.2) is 31.9 Å². The van der Waals surface area contributed by atoms with Crippen LogP contribution in [0.4, 0.5) is 16.2 Å². The molecule has 1 heterocycles. The Morgan fingerprint density at radius 1 is 1.00 bits per heavy atom. The number of imide groups is 2. The minimum absolute atomic E-state index is 0.0712. The first-order chi connectivity index (χ1) is 12.9. The molecule has 1 N–H and O–H groups in total. The summed E-state index contributed by atoms with van der Waals surface area (Å²) >= 11 is 0. The van der Waals surface area contributed by atoms with E-state index in [1.807, 2.05) is 62.3 Å². The number of nitrogens with one attached hydrogen (secondary N) is 1. The fourth-order valence-electron chi connectivity index (χ4n) is 2.94.